The van der Waals surface area contributed by atoms with Gasteiger partial charge in [-0.25, -0.2) is 9.59 Å². The van der Waals surface area contributed by atoms with Gasteiger partial charge >= 0.3 is 12.1 Å². The molecular weight excluding hydrogens is 450 g/mol. The minimum absolute atomic E-state index is 0.161. The van der Waals surface area contributed by atoms with E-state index in [1.807, 2.05) is 60.7 Å². The summed E-state index contributed by atoms with van der Waals surface area (Å²) in [7, 11) is 0. The van der Waals surface area contributed by atoms with Crippen molar-refractivity contribution < 1.29 is 33.3 Å². The number of hydrogen-bond acceptors (Lipinski definition) is 7. The molecule has 0 bridgehead atoms. The lowest BCUT2D eigenvalue weighted by Gasteiger charge is -2.11. The normalized spacial score (nSPS) is 10.5. The maximum atomic E-state index is 12.2. The number of ether oxygens (including phenoxy) is 5. The third kappa shape index (κ3) is 8.77. The molecule has 0 saturated heterocycles. The lowest BCUT2D eigenvalue weighted by molar-refractivity contribution is -0.140. The van der Waals surface area contributed by atoms with Gasteiger partial charge in [0, 0.05) is 17.5 Å². The van der Waals surface area contributed by atoms with Crippen molar-refractivity contribution >= 4 is 22.8 Å². The Bertz CT molecular complexity index is 1130. The summed E-state index contributed by atoms with van der Waals surface area (Å²) < 4.78 is 27.0. The number of carbonyl (C=O) groups is 2. The molecule has 0 heterocycles. The van der Waals surface area contributed by atoms with Crippen LogP contribution in [0.3, 0.4) is 0 Å². The van der Waals surface area contributed by atoms with Crippen LogP contribution in [-0.4, -0.2) is 51.6 Å². The Kier molecular flexibility index (Phi) is 10.1. The Balaban J connectivity index is 1.34. The molecule has 0 radical (unpaired) electrons. The highest BCUT2D eigenvalue weighted by molar-refractivity contribution is 5.91. The standard InChI is InChI=1S/C27H29NO7/c1-20(2)26(29)33-18-17-32-16-15-31-14-13-28-27(30)35-25-10-6-7-21-19-23(11-12-24(21)25)34-22-8-4-3-5-9-22/h3-12,19H,1,13-18H2,2H3,(H,28,30). The van der Waals surface area contributed by atoms with E-state index in [2.05, 4.69) is 11.9 Å². The predicted molar refractivity (Wildman–Crippen MR) is 132 cm³/mol. The molecule has 0 atom stereocenters. The highest BCUT2D eigenvalue weighted by Gasteiger charge is 2.09. The number of carbonyl (C=O) groups excluding carboxylic acids is 2. The molecule has 0 aromatic heterocycles. The van der Waals surface area contributed by atoms with Crippen LogP contribution in [0.5, 0.6) is 17.2 Å². The fraction of sp³-hybridized carbons (Fsp3) is 0.259. The second-order valence-electron chi connectivity index (χ2n) is 7.51. The van der Waals surface area contributed by atoms with Gasteiger partial charge in [0.05, 0.1) is 26.4 Å². The number of rotatable bonds is 13. The van der Waals surface area contributed by atoms with Gasteiger partial charge in [-0.1, -0.05) is 36.9 Å². The largest absolute Gasteiger partial charge is 0.460 e. The number of esters is 1. The van der Waals surface area contributed by atoms with E-state index in [1.54, 1.807) is 13.0 Å². The average molecular weight is 480 g/mol. The molecule has 0 unspecified atom stereocenters. The summed E-state index contributed by atoms with van der Waals surface area (Å²) in [6.07, 6.45) is -0.568. The van der Waals surface area contributed by atoms with Crippen LogP contribution < -0.4 is 14.8 Å². The number of fused-ring (bicyclic) bond motifs is 1. The molecule has 1 amide bonds. The van der Waals surface area contributed by atoms with E-state index in [0.717, 1.165) is 16.5 Å². The first-order valence-corrected chi connectivity index (χ1v) is 11.2. The number of nitrogens with one attached hydrogen (secondary N) is 1. The molecule has 3 aromatic rings. The van der Waals surface area contributed by atoms with Crippen LogP contribution in [0.25, 0.3) is 10.8 Å². The molecule has 3 aromatic carbocycles. The van der Waals surface area contributed by atoms with Gasteiger partial charge in [-0.2, -0.15) is 0 Å². The number of benzene rings is 3. The monoisotopic (exact) mass is 479 g/mol. The van der Waals surface area contributed by atoms with Crippen LogP contribution in [0.15, 0.2) is 78.9 Å². The topological polar surface area (TPSA) is 92.3 Å². The van der Waals surface area contributed by atoms with Crippen LogP contribution in [0, 0.1) is 0 Å². The van der Waals surface area contributed by atoms with Crippen molar-refractivity contribution in [2.45, 2.75) is 6.92 Å². The Morgan fingerprint density at radius 1 is 0.829 bits per heavy atom. The van der Waals surface area contributed by atoms with Crippen molar-refractivity contribution in [3.8, 4) is 17.2 Å². The van der Waals surface area contributed by atoms with Crippen molar-refractivity contribution in [2.75, 3.05) is 39.6 Å². The minimum atomic E-state index is -0.568. The molecule has 1 N–H and O–H groups in total. The fourth-order valence-electron chi connectivity index (χ4n) is 3.01. The molecule has 0 fully saturated rings. The van der Waals surface area contributed by atoms with Crippen LogP contribution in [0.4, 0.5) is 4.79 Å². The first-order valence-electron chi connectivity index (χ1n) is 11.2. The molecule has 35 heavy (non-hydrogen) atoms. The zero-order valence-electron chi connectivity index (χ0n) is 19.7. The van der Waals surface area contributed by atoms with Gasteiger partial charge in [-0.15, -0.1) is 0 Å². The summed E-state index contributed by atoms with van der Waals surface area (Å²) in [5.41, 5.74) is 0.349. The number of para-hydroxylation sites is 1. The van der Waals surface area contributed by atoms with Crippen molar-refractivity contribution in [2.24, 2.45) is 0 Å². The summed E-state index contributed by atoms with van der Waals surface area (Å²) in [5.74, 6) is 1.46. The van der Waals surface area contributed by atoms with E-state index in [0.29, 0.717) is 36.9 Å². The molecule has 0 aliphatic rings. The average Bonchev–Trinajstić information content (AvgIpc) is 2.85. The molecule has 0 saturated carbocycles. The lowest BCUT2D eigenvalue weighted by Crippen LogP contribution is -2.30. The third-order valence-corrected chi connectivity index (χ3v) is 4.69. The summed E-state index contributed by atoms with van der Waals surface area (Å²) in [5, 5.41) is 4.34. The molecule has 0 aliphatic carbocycles. The van der Waals surface area contributed by atoms with E-state index in [-0.39, 0.29) is 19.8 Å². The van der Waals surface area contributed by atoms with Crippen LogP contribution in [0.1, 0.15) is 6.92 Å². The van der Waals surface area contributed by atoms with E-state index in [4.69, 9.17) is 23.7 Å². The van der Waals surface area contributed by atoms with Crippen molar-refractivity contribution in [1.29, 1.82) is 0 Å². The van der Waals surface area contributed by atoms with Crippen molar-refractivity contribution in [3.05, 3.63) is 78.9 Å². The van der Waals surface area contributed by atoms with Crippen LogP contribution in [0.2, 0.25) is 0 Å². The first-order chi connectivity index (χ1) is 17.0. The number of hydrogen-bond donors (Lipinski definition) is 1. The zero-order valence-corrected chi connectivity index (χ0v) is 19.7. The molecule has 3 rings (SSSR count). The lowest BCUT2D eigenvalue weighted by atomic mass is 10.1. The summed E-state index contributed by atoms with van der Waals surface area (Å²) >= 11 is 0. The van der Waals surface area contributed by atoms with Crippen LogP contribution in [-0.2, 0) is 19.0 Å². The van der Waals surface area contributed by atoms with Crippen LogP contribution >= 0.6 is 0 Å². The Labute approximate surface area is 204 Å². The van der Waals surface area contributed by atoms with Gasteiger partial charge in [0.25, 0.3) is 0 Å². The maximum Gasteiger partial charge on any atom is 0.412 e. The second-order valence-corrected chi connectivity index (χ2v) is 7.51. The quantitative estimate of drug-likeness (QED) is 0.212. The van der Waals surface area contributed by atoms with Gasteiger partial charge < -0.3 is 29.0 Å². The highest BCUT2D eigenvalue weighted by atomic mass is 16.6. The van der Waals surface area contributed by atoms with Gasteiger partial charge in [0.2, 0.25) is 0 Å². The number of amides is 1. The maximum absolute atomic E-state index is 12.2. The van der Waals surface area contributed by atoms with Gasteiger partial charge in [0.1, 0.15) is 23.9 Å². The van der Waals surface area contributed by atoms with E-state index in [9.17, 15) is 9.59 Å². The molecule has 8 nitrogen and oxygen atoms in total. The smallest absolute Gasteiger partial charge is 0.412 e. The zero-order chi connectivity index (χ0) is 24.9. The van der Waals surface area contributed by atoms with Gasteiger partial charge in [-0.3, -0.25) is 0 Å². The Morgan fingerprint density at radius 3 is 2.34 bits per heavy atom. The minimum Gasteiger partial charge on any atom is -0.460 e. The fourth-order valence-corrected chi connectivity index (χ4v) is 3.01. The highest BCUT2D eigenvalue weighted by Crippen LogP contribution is 2.30. The predicted octanol–water partition coefficient (Wildman–Crippen LogP) is 4.87. The van der Waals surface area contributed by atoms with Gasteiger partial charge in [0.15, 0.2) is 0 Å². The molecule has 0 aliphatic heterocycles. The molecule has 8 heteroatoms. The van der Waals surface area contributed by atoms with E-state index in [1.165, 1.54) is 0 Å². The first kappa shape index (κ1) is 25.7. The second kappa shape index (κ2) is 13.7. The molecular formula is C27H29NO7. The molecule has 0 spiro atoms. The summed E-state index contributed by atoms with van der Waals surface area (Å²) in [6.45, 7) is 6.81. The van der Waals surface area contributed by atoms with Gasteiger partial charge in [-0.05, 0) is 48.7 Å². The van der Waals surface area contributed by atoms with E-state index < -0.39 is 12.1 Å². The summed E-state index contributed by atoms with van der Waals surface area (Å²) in [4.78, 5) is 23.4. The SMILES string of the molecule is C=C(C)C(=O)OCCOCCOCCNC(=O)Oc1cccc2cc(Oc3ccccc3)ccc12. The molecule has 184 valence electrons. The summed E-state index contributed by atoms with van der Waals surface area (Å²) in [6, 6.07) is 20.6. The third-order valence-electron chi connectivity index (χ3n) is 4.69. The van der Waals surface area contributed by atoms with E-state index >= 15 is 0 Å². The van der Waals surface area contributed by atoms with Crippen molar-refractivity contribution in [1.82, 2.24) is 5.32 Å². The Hall–Kier alpha value is -3.88. The Morgan fingerprint density at radius 2 is 1.57 bits per heavy atom. The van der Waals surface area contributed by atoms with Crippen molar-refractivity contribution in [3.63, 3.8) is 0 Å².